The molecule has 0 unspecified atom stereocenters. The fourth-order valence-electron chi connectivity index (χ4n) is 1.03. The molecule has 0 aromatic heterocycles. The molecular weight excluding hydrogens is 202 g/mol. The summed E-state index contributed by atoms with van der Waals surface area (Å²) < 4.78 is 0. The van der Waals surface area contributed by atoms with Crippen molar-refractivity contribution in [2.45, 2.75) is 0 Å². The second-order valence-electron chi connectivity index (χ2n) is 2.57. The number of hydrogen-bond acceptors (Lipinski definition) is 4. The molecule has 0 aliphatic carbocycles. The molecule has 0 spiro atoms. The molecule has 0 fully saturated rings. The number of aldehydes is 1. The number of rotatable bonds is 3. The van der Waals surface area contributed by atoms with E-state index in [4.69, 9.17) is 23.2 Å². The second kappa shape index (κ2) is 4.64. The quantitative estimate of drug-likeness (QED) is 0.449. The van der Waals surface area contributed by atoms with Gasteiger partial charge in [0.2, 0.25) is 0 Å². The fraction of sp³-hybridized carbons (Fsp3) is 0. The van der Waals surface area contributed by atoms with Crippen LogP contribution in [0.5, 0.6) is 0 Å². The Hall–Kier alpha value is -1.52. The van der Waals surface area contributed by atoms with Gasteiger partial charge in [-0.2, -0.15) is 0 Å². The number of hydrogen-bond donors (Lipinski definition) is 2. The Morgan fingerprint density at radius 2 is 2.14 bits per heavy atom. The van der Waals surface area contributed by atoms with Crippen molar-refractivity contribution in [2.75, 3.05) is 5.01 Å². The standard InChI is InChI=1S/C9H10ClN3O/c10-8-1-2-9(7(5-8)6-14)13(12)4-3-11/h1-6H,11-12H2/b4-3-. The van der Waals surface area contributed by atoms with E-state index in [1.165, 1.54) is 23.5 Å². The van der Waals surface area contributed by atoms with Crippen molar-refractivity contribution in [1.29, 1.82) is 0 Å². The first-order chi connectivity index (χ1) is 6.69. The summed E-state index contributed by atoms with van der Waals surface area (Å²) in [6.07, 6.45) is 3.41. The van der Waals surface area contributed by atoms with Crippen molar-refractivity contribution in [3.8, 4) is 0 Å². The van der Waals surface area contributed by atoms with E-state index in [1.54, 1.807) is 12.1 Å². The van der Waals surface area contributed by atoms with Crippen LogP contribution in [0.1, 0.15) is 10.4 Å². The summed E-state index contributed by atoms with van der Waals surface area (Å²) in [4.78, 5) is 10.7. The molecule has 1 aromatic carbocycles. The van der Waals surface area contributed by atoms with Crippen molar-refractivity contribution in [2.24, 2.45) is 11.6 Å². The molecule has 0 bridgehead atoms. The fourth-order valence-corrected chi connectivity index (χ4v) is 1.21. The van der Waals surface area contributed by atoms with Gasteiger partial charge in [0.15, 0.2) is 6.29 Å². The van der Waals surface area contributed by atoms with Gasteiger partial charge < -0.3 is 5.73 Å². The molecular formula is C9H10ClN3O. The predicted octanol–water partition coefficient (Wildman–Crippen LogP) is 1.26. The molecule has 0 amide bonds. The van der Waals surface area contributed by atoms with E-state index in [-0.39, 0.29) is 0 Å². The maximum absolute atomic E-state index is 10.7. The van der Waals surface area contributed by atoms with Crippen LogP contribution in [0.2, 0.25) is 5.02 Å². The molecule has 14 heavy (non-hydrogen) atoms. The topological polar surface area (TPSA) is 72.3 Å². The Morgan fingerprint density at radius 3 is 2.71 bits per heavy atom. The smallest absolute Gasteiger partial charge is 0.152 e. The normalized spacial score (nSPS) is 10.4. The zero-order valence-corrected chi connectivity index (χ0v) is 8.11. The van der Waals surface area contributed by atoms with Crippen LogP contribution in [-0.2, 0) is 0 Å². The predicted molar refractivity (Wildman–Crippen MR) is 56.8 cm³/mol. The molecule has 1 rings (SSSR count). The van der Waals surface area contributed by atoms with Crippen molar-refractivity contribution in [1.82, 2.24) is 0 Å². The lowest BCUT2D eigenvalue weighted by atomic mass is 10.2. The van der Waals surface area contributed by atoms with Gasteiger partial charge in [0.1, 0.15) is 0 Å². The highest BCUT2D eigenvalue weighted by Gasteiger charge is 2.05. The van der Waals surface area contributed by atoms with E-state index in [2.05, 4.69) is 0 Å². The molecule has 0 saturated carbocycles. The summed E-state index contributed by atoms with van der Waals surface area (Å²) in [5.74, 6) is 5.60. The first kappa shape index (κ1) is 10.6. The minimum atomic E-state index is 0.415. The Kier molecular flexibility index (Phi) is 3.50. The summed E-state index contributed by atoms with van der Waals surface area (Å²) in [5, 5.41) is 1.74. The summed E-state index contributed by atoms with van der Waals surface area (Å²) in [7, 11) is 0. The van der Waals surface area contributed by atoms with Gasteiger partial charge >= 0.3 is 0 Å². The van der Waals surface area contributed by atoms with E-state index < -0.39 is 0 Å². The molecule has 0 aliphatic rings. The molecule has 5 heteroatoms. The zero-order valence-electron chi connectivity index (χ0n) is 7.35. The molecule has 0 aliphatic heterocycles. The molecule has 1 aromatic rings. The van der Waals surface area contributed by atoms with Gasteiger partial charge in [0.05, 0.1) is 5.69 Å². The van der Waals surface area contributed by atoms with Crippen molar-refractivity contribution < 1.29 is 4.79 Å². The number of nitrogens with zero attached hydrogens (tertiary/aromatic N) is 1. The van der Waals surface area contributed by atoms with Crippen LogP contribution in [0.15, 0.2) is 30.6 Å². The first-order valence-electron chi connectivity index (χ1n) is 3.86. The molecule has 4 nitrogen and oxygen atoms in total. The van der Waals surface area contributed by atoms with Crippen LogP contribution in [0, 0.1) is 0 Å². The van der Waals surface area contributed by atoms with Gasteiger partial charge in [-0.3, -0.25) is 9.80 Å². The van der Waals surface area contributed by atoms with Crippen LogP contribution in [0.25, 0.3) is 0 Å². The minimum Gasteiger partial charge on any atom is -0.403 e. The van der Waals surface area contributed by atoms with E-state index >= 15 is 0 Å². The van der Waals surface area contributed by atoms with E-state index in [0.29, 0.717) is 22.6 Å². The summed E-state index contributed by atoms with van der Waals surface area (Å²) in [6, 6.07) is 4.83. The Balaban J connectivity index is 3.13. The van der Waals surface area contributed by atoms with Gasteiger partial charge in [-0.25, -0.2) is 5.84 Å². The highest BCUT2D eigenvalue weighted by Crippen LogP contribution is 2.21. The molecule has 4 N–H and O–H groups in total. The average molecular weight is 212 g/mol. The van der Waals surface area contributed by atoms with E-state index in [9.17, 15) is 4.79 Å². The third-order valence-electron chi connectivity index (χ3n) is 1.64. The molecule has 0 heterocycles. The monoisotopic (exact) mass is 211 g/mol. The van der Waals surface area contributed by atoms with E-state index in [0.717, 1.165) is 0 Å². The molecule has 0 radical (unpaired) electrons. The second-order valence-corrected chi connectivity index (χ2v) is 3.01. The van der Waals surface area contributed by atoms with Crippen LogP contribution in [-0.4, -0.2) is 6.29 Å². The number of halogens is 1. The van der Waals surface area contributed by atoms with Gasteiger partial charge in [0.25, 0.3) is 0 Å². The van der Waals surface area contributed by atoms with E-state index in [1.807, 2.05) is 0 Å². The highest BCUT2D eigenvalue weighted by atomic mass is 35.5. The van der Waals surface area contributed by atoms with Crippen LogP contribution < -0.4 is 16.6 Å². The Morgan fingerprint density at radius 1 is 1.43 bits per heavy atom. The Bertz CT molecular complexity index is 365. The van der Waals surface area contributed by atoms with Gasteiger partial charge in [-0.1, -0.05) is 11.6 Å². The minimum absolute atomic E-state index is 0.415. The Labute approximate surface area is 86.7 Å². The van der Waals surface area contributed by atoms with Crippen molar-refractivity contribution >= 4 is 23.6 Å². The number of nitrogens with two attached hydrogens (primary N) is 2. The lowest BCUT2D eigenvalue weighted by Crippen LogP contribution is -2.25. The van der Waals surface area contributed by atoms with Crippen LogP contribution in [0.4, 0.5) is 5.69 Å². The van der Waals surface area contributed by atoms with Gasteiger partial charge in [0, 0.05) is 23.0 Å². The number of carbonyl (C=O) groups excluding carboxylic acids is 1. The summed E-state index contributed by atoms with van der Waals surface area (Å²) in [5.41, 5.74) is 6.13. The number of hydrazine groups is 1. The number of benzene rings is 1. The maximum atomic E-state index is 10.7. The summed E-state index contributed by atoms with van der Waals surface area (Å²) in [6.45, 7) is 0. The highest BCUT2D eigenvalue weighted by molar-refractivity contribution is 6.31. The lowest BCUT2D eigenvalue weighted by molar-refractivity contribution is 0.112. The largest absolute Gasteiger partial charge is 0.403 e. The van der Waals surface area contributed by atoms with Crippen LogP contribution in [0.3, 0.4) is 0 Å². The average Bonchev–Trinajstić information content (AvgIpc) is 2.17. The third-order valence-corrected chi connectivity index (χ3v) is 1.88. The zero-order chi connectivity index (χ0) is 10.6. The maximum Gasteiger partial charge on any atom is 0.152 e. The van der Waals surface area contributed by atoms with Crippen molar-refractivity contribution in [3.05, 3.63) is 41.2 Å². The summed E-state index contributed by atoms with van der Waals surface area (Å²) >= 11 is 5.72. The third kappa shape index (κ3) is 2.25. The lowest BCUT2D eigenvalue weighted by Gasteiger charge is -2.15. The molecule has 0 saturated heterocycles. The first-order valence-corrected chi connectivity index (χ1v) is 4.24. The van der Waals surface area contributed by atoms with Gasteiger partial charge in [-0.05, 0) is 18.2 Å². The molecule has 74 valence electrons. The molecule has 0 atom stereocenters. The van der Waals surface area contributed by atoms with Gasteiger partial charge in [-0.15, -0.1) is 0 Å². The SMILES string of the molecule is N/C=C\N(N)c1ccc(Cl)cc1C=O. The van der Waals surface area contributed by atoms with Crippen LogP contribution >= 0.6 is 11.6 Å². The number of carbonyl (C=O) groups is 1. The van der Waals surface area contributed by atoms with Crippen molar-refractivity contribution in [3.63, 3.8) is 0 Å². The number of anilines is 1.